The lowest BCUT2D eigenvalue weighted by Crippen LogP contribution is -2.24. The topological polar surface area (TPSA) is 79.8 Å². The van der Waals surface area contributed by atoms with Crippen molar-refractivity contribution in [1.82, 2.24) is 5.43 Å². The van der Waals surface area contributed by atoms with Gasteiger partial charge in [-0.2, -0.15) is 5.10 Å². The van der Waals surface area contributed by atoms with Crippen molar-refractivity contribution in [3.63, 3.8) is 0 Å². The second kappa shape index (κ2) is 7.00. The van der Waals surface area contributed by atoms with Crippen LogP contribution in [0.1, 0.15) is 6.92 Å². The van der Waals surface area contributed by atoms with Crippen LogP contribution in [0.2, 0.25) is 0 Å². The Kier molecular flexibility index (Phi) is 5.23. The fourth-order valence-corrected chi connectivity index (χ4v) is 1.00. The van der Waals surface area contributed by atoms with E-state index < -0.39 is 12.0 Å². The van der Waals surface area contributed by atoms with Crippen LogP contribution in [-0.2, 0) is 9.53 Å². The van der Waals surface area contributed by atoms with Crippen LogP contribution in [0, 0.1) is 0 Å². The van der Waals surface area contributed by atoms with Gasteiger partial charge in [-0.05, 0) is 19.1 Å². The fraction of sp³-hybridized carbons (Fsp3) is 0.182. The number of hydrogen-bond acceptors (Lipinski definition) is 4. The number of benzene rings is 1. The van der Waals surface area contributed by atoms with Crippen LogP contribution in [0.4, 0.5) is 10.5 Å². The molecule has 0 bridgehead atoms. The summed E-state index contributed by atoms with van der Waals surface area (Å²) in [5, 5.41) is 5.96. The SMILES string of the molecule is CCOC(=O)/C=N/NC(=O)Nc1ccccc1. The number of para-hydroxylation sites is 1. The largest absolute Gasteiger partial charge is 0.462 e. The Morgan fingerprint density at radius 1 is 1.35 bits per heavy atom. The minimum absolute atomic E-state index is 0.265. The predicted octanol–water partition coefficient (Wildman–Crippen LogP) is 1.36. The zero-order valence-electron chi connectivity index (χ0n) is 9.34. The van der Waals surface area contributed by atoms with E-state index >= 15 is 0 Å². The Balaban J connectivity index is 2.33. The zero-order valence-corrected chi connectivity index (χ0v) is 9.34. The predicted molar refractivity (Wildman–Crippen MR) is 63.7 cm³/mol. The van der Waals surface area contributed by atoms with E-state index in [0.717, 1.165) is 6.21 Å². The Labute approximate surface area is 98.7 Å². The normalized spacial score (nSPS) is 9.94. The highest BCUT2D eigenvalue weighted by Crippen LogP contribution is 2.03. The summed E-state index contributed by atoms with van der Waals surface area (Å²) in [5.41, 5.74) is 2.77. The molecule has 1 aromatic rings. The van der Waals surface area contributed by atoms with E-state index in [9.17, 15) is 9.59 Å². The quantitative estimate of drug-likeness (QED) is 0.469. The standard InChI is InChI=1S/C11H13N3O3/c1-2-17-10(15)8-12-14-11(16)13-9-6-4-3-5-7-9/h3-8H,2H2,1H3,(H2,13,14,16)/b12-8+. The van der Waals surface area contributed by atoms with Crippen molar-refractivity contribution in [2.45, 2.75) is 6.92 Å². The lowest BCUT2D eigenvalue weighted by atomic mass is 10.3. The molecule has 2 N–H and O–H groups in total. The summed E-state index contributed by atoms with van der Waals surface area (Å²) in [5.74, 6) is -0.604. The summed E-state index contributed by atoms with van der Waals surface area (Å²) in [4.78, 5) is 22.1. The van der Waals surface area contributed by atoms with Gasteiger partial charge in [0, 0.05) is 5.69 Å². The summed E-state index contributed by atoms with van der Waals surface area (Å²) in [6.45, 7) is 1.95. The average molecular weight is 235 g/mol. The molecule has 0 unspecified atom stereocenters. The number of urea groups is 1. The maximum atomic E-state index is 11.3. The van der Waals surface area contributed by atoms with Crippen molar-refractivity contribution in [1.29, 1.82) is 0 Å². The molecule has 0 saturated heterocycles. The lowest BCUT2D eigenvalue weighted by molar-refractivity contribution is -0.134. The molecule has 6 heteroatoms. The molecule has 0 spiro atoms. The number of amides is 2. The van der Waals surface area contributed by atoms with E-state index in [1.54, 1.807) is 31.2 Å². The average Bonchev–Trinajstić information content (AvgIpc) is 2.30. The summed E-state index contributed by atoms with van der Waals surface area (Å²) < 4.78 is 4.58. The molecule has 2 amide bonds. The number of carbonyl (C=O) groups is 2. The molecule has 1 rings (SSSR count). The number of ether oxygens (including phenoxy) is 1. The number of hydrogen-bond donors (Lipinski definition) is 2. The van der Waals surface area contributed by atoms with Crippen LogP contribution in [0.5, 0.6) is 0 Å². The van der Waals surface area contributed by atoms with Crippen LogP contribution in [-0.4, -0.2) is 24.8 Å². The van der Waals surface area contributed by atoms with Gasteiger partial charge in [-0.1, -0.05) is 18.2 Å². The first-order chi connectivity index (χ1) is 8.22. The molecule has 6 nitrogen and oxygen atoms in total. The van der Waals surface area contributed by atoms with Crippen molar-refractivity contribution in [2.24, 2.45) is 5.10 Å². The van der Waals surface area contributed by atoms with Crippen LogP contribution in [0.3, 0.4) is 0 Å². The van der Waals surface area contributed by atoms with Crippen LogP contribution in [0.15, 0.2) is 35.4 Å². The van der Waals surface area contributed by atoms with E-state index in [2.05, 4.69) is 20.6 Å². The monoisotopic (exact) mass is 235 g/mol. The maximum absolute atomic E-state index is 11.3. The molecular formula is C11H13N3O3. The number of hydrazone groups is 1. The van der Waals surface area contributed by atoms with Gasteiger partial charge in [-0.25, -0.2) is 15.0 Å². The first-order valence-electron chi connectivity index (χ1n) is 5.04. The highest BCUT2D eigenvalue weighted by atomic mass is 16.5. The molecule has 0 aliphatic rings. The van der Waals surface area contributed by atoms with E-state index in [-0.39, 0.29) is 6.61 Å². The van der Waals surface area contributed by atoms with Crippen molar-refractivity contribution < 1.29 is 14.3 Å². The molecule has 17 heavy (non-hydrogen) atoms. The third-order valence-corrected chi connectivity index (χ3v) is 1.65. The van der Waals surface area contributed by atoms with Gasteiger partial charge in [0.2, 0.25) is 0 Å². The molecule has 0 aliphatic carbocycles. The highest BCUT2D eigenvalue weighted by Gasteiger charge is 1.99. The molecule has 0 fully saturated rings. The first-order valence-corrected chi connectivity index (χ1v) is 5.04. The molecule has 0 aliphatic heterocycles. The van der Waals surface area contributed by atoms with Gasteiger partial charge < -0.3 is 10.1 Å². The van der Waals surface area contributed by atoms with Crippen molar-refractivity contribution >= 4 is 23.9 Å². The third kappa shape index (κ3) is 5.31. The molecule has 90 valence electrons. The summed E-state index contributed by atoms with van der Waals surface area (Å²) in [6, 6.07) is 8.34. The number of nitrogens with zero attached hydrogens (tertiary/aromatic N) is 1. The van der Waals surface area contributed by atoms with Gasteiger partial charge >= 0.3 is 12.0 Å². The molecule has 0 atom stereocenters. The Hall–Kier alpha value is -2.37. The van der Waals surface area contributed by atoms with Gasteiger partial charge in [0.05, 0.1) is 6.61 Å². The Bertz CT molecular complexity index is 404. The van der Waals surface area contributed by atoms with Gasteiger partial charge in [0.1, 0.15) is 6.21 Å². The van der Waals surface area contributed by atoms with E-state index in [1.165, 1.54) is 0 Å². The number of anilines is 1. The van der Waals surface area contributed by atoms with Crippen molar-refractivity contribution in [2.75, 3.05) is 11.9 Å². The first kappa shape index (κ1) is 12.7. The molecule has 1 aromatic carbocycles. The highest BCUT2D eigenvalue weighted by molar-refractivity contribution is 6.23. The van der Waals surface area contributed by atoms with Gasteiger partial charge in [0.15, 0.2) is 0 Å². The number of nitrogens with one attached hydrogen (secondary N) is 2. The number of carbonyl (C=O) groups excluding carboxylic acids is 2. The lowest BCUT2D eigenvalue weighted by Gasteiger charge is -2.02. The number of esters is 1. The fourth-order valence-electron chi connectivity index (χ4n) is 1.00. The molecule has 0 saturated carbocycles. The van der Waals surface area contributed by atoms with Gasteiger partial charge in [-0.15, -0.1) is 0 Å². The van der Waals surface area contributed by atoms with Gasteiger partial charge in [-0.3, -0.25) is 0 Å². The molecule has 0 heterocycles. The Morgan fingerprint density at radius 2 is 2.06 bits per heavy atom. The van der Waals surface area contributed by atoms with Crippen LogP contribution < -0.4 is 10.7 Å². The third-order valence-electron chi connectivity index (χ3n) is 1.65. The molecule has 0 radical (unpaired) electrons. The second-order valence-electron chi connectivity index (χ2n) is 2.94. The smallest absolute Gasteiger partial charge is 0.351 e. The molecular weight excluding hydrogens is 222 g/mol. The van der Waals surface area contributed by atoms with Crippen LogP contribution in [0.25, 0.3) is 0 Å². The minimum Gasteiger partial charge on any atom is -0.462 e. The van der Waals surface area contributed by atoms with Crippen LogP contribution >= 0.6 is 0 Å². The second-order valence-corrected chi connectivity index (χ2v) is 2.94. The van der Waals surface area contributed by atoms with Crippen molar-refractivity contribution in [3.05, 3.63) is 30.3 Å². The zero-order chi connectivity index (χ0) is 12.5. The van der Waals surface area contributed by atoms with E-state index in [1.807, 2.05) is 6.07 Å². The summed E-state index contributed by atoms with van der Waals surface area (Å²) in [6.07, 6.45) is 0.897. The minimum atomic E-state index is -0.604. The van der Waals surface area contributed by atoms with E-state index in [4.69, 9.17) is 0 Å². The maximum Gasteiger partial charge on any atom is 0.351 e. The van der Waals surface area contributed by atoms with Gasteiger partial charge in [0.25, 0.3) is 0 Å². The Morgan fingerprint density at radius 3 is 2.71 bits per heavy atom. The summed E-state index contributed by atoms with van der Waals surface area (Å²) in [7, 11) is 0. The van der Waals surface area contributed by atoms with E-state index in [0.29, 0.717) is 5.69 Å². The molecule has 0 aromatic heterocycles. The number of rotatable bonds is 4. The summed E-state index contributed by atoms with van der Waals surface area (Å²) >= 11 is 0. The van der Waals surface area contributed by atoms with Crippen molar-refractivity contribution in [3.8, 4) is 0 Å².